The molecule has 1 aromatic heterocycles. The average molecular weight is 331 g/mol. The van der Waals surface area contributed by atoms with Gasteiger partial charge in [-0.2, -0.15) is 10.4 Å². The molecular weight excluding hydrogens is 316 g/mol. The molecule has 0 atom stereocenters. The van der Waals surface area contributed by atoms with Crippen molar-refractivity contribution < 1.29 is 9.53 Å². The molecule has 0 bridgehead atoms. The molecule has 6 nitrogen and oxygen atoms in total. The molecule has 0 saturated heterocycles. The number of anilines is 1. The first-order chi connectivity index (χ1) is 10.9. The van der Waals surface area contributed by atoms with Gasteiger partial charge in [-0.25, -0.2) is 0 Å². The summed E-state index contributed by atoms with van der Waals surface area (Å²) in [5.74, 6) is 0.00111. The second kappa shape index (κ2) is 6.99. The summed E-state index contributed by atoms with van der Waals surface area (Å²) in [6.45, 7) is 1.80. The van der Waals surface area contributed by atoms with E-state index >= 15 is 0 Å². The first-order valence-electron chi connectivity index (χ1n) is 6.71. The number of hydrogen-bond donors (Lipinski definition) is 1. The highest BCUT2D eigenvalue weighted by molar-refractivity contribution is 6.34. The minimum absolute atomic E-state index is 0.0417. The summed E-state index contributed by atoms with van der Waals surface area (Å²) < 4.78 is 6.71. The molecule has 0 unspecified atom stereocenters. The maximum atomic E-state index is 12.3. The zero-order valence-corrected chi connectivity index (χ0v) is 13.7. The van der Waals surface area contributed by atoms with Gasteiger partial charge in [-0.1, -0.05) is 11.6 Å². The van der Waals surface area contributed by atoms with Crippen molar-refractivity contribution in [3.8, 4) is 11.8 Å². The maximum absolute atomic E-state index is 12.3. The summed E-state index contributed by atoms with van der Waals surface area (Å²) in [6.07, 6.45) is 3.23. The molecule has 7 heteroatoms. The van der Waals surface area contributed by atoms with Gasteiger partial charge in [0.2, 0.25) is 0 Å². The van der Waals surface area contributed by atoms with Gasteiger partial charge in [0.05, 0.1) is 23.5 Å². The molecule has 1 heterocycles. The molecule has 0 aliphatic rings. The van der Waals surface area contributed by atoms with E-state index in [2.05, 4.69) is 10.4 Å². The van der Waals surface area contributed by atoms with Gasteiger partial charge in [0.1, 0.15) is 17.4 Å². The number of rotatable bonds is 4. The van der Waals surface area contributed by atoms with Crippen molar-refractivity contribution in [3.63, 3.8) is 0 Å². The number of carbonyl (C=O) groups is 1. The van der Waals surface area contributed by atoms with E-state index < -0.39 is 5.91 Å². The number of ether oxygens (including phenoxy) is 1. The fraction of sp³-hybridized carbons (Fsp3) is 0.188. The van der Waals surface area contributed by atoms with Gasteiger partial charge < -0.3 is 10.1 Å². The standard InChI is InChI=1S/C16H15ClN4O2/c1-10-12(9-21(2)20-10)6-11(8-18)16(22)19-15-7-13(23-3)4-5-14(15)17/h4-7,9H,1-3H3,(H,19,22). The van der Waals surface area contributed by atoms with Gasteiger partial charge >= 0.3 is 0 Å². The quantitative estimate of drug-likeness (QED) is 0.690. The molecule has 0 aliphatic carbocycles. The third-order valence-electron chi connectivity index (χ3n) is 3.14. The highest BCUT2D eigenvalue weighted by Gasteiger charge is 2.13. The number of benzene rings is 1. The Balaban J connectivity index is 2.28. The Morgan fingerprint density at radius 1 is 1.52 bits per heavy atom. The molecule has 23 heavy (non-hydrogen) atoms. The Bertz CT molecular complexity index is 818. The zero-order valence-electron chi connectivity index (χ0n) is 12.9. The van der Waals surface area contributed by atoms with Crippen molar-refractivity contribution >= 4 is 29.3 Å². The topological polar surface area (TPSA) is 79.9 Å². The number of amides is 1. The van der Waals surface area contributed by atoms with E-state index in [-0.39, 0.29) is 5.57 Å². The van der Waals surface area contributed by atoms with Crippen LogP contribution in [0, 0.1) is 18.3 Å². The van der Waals surface area contributed by atoms with Crippen LogP contribution in [0.4, 0.5) is 5.69 Å². The lowest BCUT2D eigenvalue weighted by atomic mass is 10.1. The number of methoxy groups -OCH3 is 1. The largest absolute Gasteiger partial charge is 0.497 e. The number of carbonyl (C=O) groups excluding carboxylic acids is 1. The Morgan fingerprint density at radius 3 is 2.83 bits per heavy atom. The van der Waals surface area contributed by atoms with Crippen LogP contribution in [-0.2, 0) is 11.8 Å². The summed E-state index contributed by atoms with van der Waals surface area (Å²) in [5, 5.41) is 16.4. The van der Waals surface area contributed by atoms with Crippen molar-refractivity contribution in [2.75, 3.05) is 12.4 Å². The van der Waals surface area contributed by atoms with Crippen LogP contribution in [-0.4, -0.2) is 22.8 Å². The first-order valence-corrected chi connectivity index (χ1v) is 7.09. The number of nitrogens with one attached hydrogen (secondary N) is 1. The number of aromatic nitrogens is 2. The molecule has 1 aromatic carbocycles. The van der Waals surface area contributed by atoms with Crippen LogP contribution in [0.2, 0.25) is 5.02 Å². The number of halogens is 1. The molecule has 0 spiro atoms. The smallest absolute Gasteiger partial charge is 0.266 e. The Morgan fingerprint density at radius 2 is 2.26 bits per heavy atom. The van der Waals surface area contributed by atoms with Crippen molar-refractivity contribution in [1.82, 2.24) is 9.78 Å². The molecule has 0 aliphatic heterocycles. The molecule has 0 radical (unpaired) electrons. The van der Waals surface area contributed by atoms with E-state index in [1.807, 2.05) is 6.07 Å². The lowest BCUT2D eigenvalue weighted by molar-refractivity contribution is -0.112. The third-order valence-corrected chi connectivity index (χ3v) is 3.47. The van der Waals surface area contributed by atoms with Crippen molar-refractivity contribution in [2.45, 2.75) is 6.92 Å². The average Bonchev–Trinajstić information content (AvgIpc) is 2.84. The highest BCUT2D eigenvalue weighted by Crippen LogP contribution is 2.27. The molecule has 118 valence electrons. The molecule has 1 amide bonds. The molecule has 0 fully saturated rings. The van der Waals surface area contributed by atoms with E-state index in [4.69, 9.17) is 16.3 Å². The predicted octanol–water partition coefficient (Wildman–Crippen LogP) is 2.94. The lowest BCUT2D eigenvalue weighted by Crippen LogP contribution is -2.13. The monoisotopic (exact) mass is 330 g/mol. The van der Waals surface area contributed by atoms with Crippen LogP contribution in [0.5, 0.6) is 5.75 Å². The van der Waals surface area contributed by atoms with Gasteiger partial charge in [-0.3, -0.25) is 9.48 Å². The normalized spacial score (nSPS) is 11.0. The SMILES string of the molecule is COc1ccc(Cl)c(NC(=O)C(C#N)=Cc2cn(C)nc2C)c1. The summed E-state index contributed by atoms with van der Waals surface area (Å²) >= 11 is 6.05. The molecule has 1 N–H and O–H groups in total. The number of nitriles is 1. The van der Waals surface area contributed by atoms with E-state index in [0.717, 1.165) is 5.69 Å². The van der Waals surface area contributed by atoms with Crippen LogP contribution in [0.3, 0.4) is 0 Å². The van der Waals surface area contributed by atoms with Gasteiger partial charge in [0.25, 0.3) is 5.91 Å². The van der Waals surface area contributed by atoms with Crippen molar-refractivity contribution in [2.24, 2.45) is 7.05 Å². The predicted molar refractivity (Wildman–Crippen MR) is 88.2 cm³/mol. The van der Waals surface area contributed by atoms with Crippen LogP contribution in [0.25, 0.3) is 6.08 Å². The Hall–Kier alpha value is -2.78. The van der Waals surface area contributed by atoms with Gasteiger partial charge in [0.15, 0.2) is 0 Å². The van der Waals surface area contributed by atoms with Gasteiger partial charge in [-0.15, -0.1) is 0 Å². The zero-order chi connectivity index (χ0) is 17.0. The van der Waals surface area contributed by atoms with E-state index in [1.165, 1.54) is 13.2 Å². The van der Waals surface area contributed by atoms with E-state index in [1.54, 1.807) is 43.0 Å². The fourth-order valence-electron chi connectivity index (χ4n) is 1.98. The summed E-state index contributed by atoms with van der Waals surface area (Å²) in [5.41, 5.74) is 1.77. The number of nitrogens with zero attached hydrogens (tertiary/aromatic N) is 3. The van der Waals surface area contributed by atoms with Crippen LogP contribution in [0.1, 0.15) is 11.3 Å². The first kappa shape index (κ1) is 16.6. The summed E-state index contributed by atoms with van der Waals surface area (Å²) in [4.78, 5) is 12.3. The third kappa shape index (κ3) is 3.90. The second-order valence-corrected chi connectivity index (χ2v) is 5.22. The van der Waals surface area contributed by atoms with Crippen molar-refractivity contribution in [3.05, 3.63) is 46.2 Å². The number of aryl methyl sites for hydroxylation is 2. The number of hydrogen-bond acceptors (Lipinski definition) is 4. The molecule has 2 aromatic rings. The Labute approximate surface area is 138 Å². The maximum Gasteiger partial charge on any atom is 0.266 e. The minimum atomic E-state index is -0.550. The molecule has 0 saturated carbocycles. The lowest BCUT2D eigenvalue weighted by Gasteiger charge is -2.08. The minimum Gasteiger partial charge on any atom is -0.497 e. The van der Waals surface area contributed by atoms with Crippen LogP contribution >= 0.6 is 11.6 Å². The van der Waals surface area contributed by atoms with Gasteiger partial charge in [0, 0.05) is 24.9 Å². The second-order valence-electron chi connectivity index (χ2n) is 4.81. The van der Waals surface area contributed by atoms with E-state index in [0.29, 0.717) is 22.0 Å². The fourth-order valence-corrected chi connectivity index (χ4v) is 2.15. The molecular formula is C16H15ClN4O2. The Kier molecular flexibility index (Phi) is 5.04. The summed E-state index contributed by atoms with van der Waals surface area (Å²) in [6, 6.07) is 6.77. The van der Waals surface area contributed by atoms with Crippen LogP contribution < -0.4 is 10.1 Å². The van der Waals surface area contributed by atoms with Gasteiger partial charge in [-0.05, 0) is 25.1 Å². The van der Waals surface area contributed by atoms with Crippen LogP contribution in [0.15, 0.2) is 30.0 Å². The highest BCUT2D eigenvalue weighted by atomic mass is 35.5. The van der Waals surface area contributed by atoms with E-state index in [9.17, 15) is 10.1 Å². The van der Waals surface area contributed by atoms with Crippen molar-refractivity contribution in [1.29, 1.82) is 5.26 Å². The summed E-state index contributed by atoms with van der Waals surface area (Å²) in [7, 11) is 3.28. The molecule has 2 rings (SSSR count).